The second-order valence-electron chi connectivity index (χ2n) is 6.07. The average molecular weight is 331 g/mol. The summed E-state index contributed by atoms with van der Waals surface area (Å²) >= 11 is 1.77. The molecule has 0 radical (unpaired) electrons. The Balaban J connectivity index is 1.67. The molecule has 0 fully saturated rings. The van der Waals surface area contributed by atoms with E-state index in [4.69, 9.17) is 0 Å². The van der Waals surface area contributed by atoms with Crippen LogP contribution < -0.4 is 5.56 Å². The number of carbonyl (C=O) groups is 1. The summed E-state index contributed by atoms with van der Waals surface area (Å²) in [5.41, 5.74) is 1.03. The maximum Gasteiger partial charge on any atom is 0.250 e. The minimum absolute atomic E-state index is 0.0441. The standard InChI is InChI=1S/C17H21N3O2S/c1-12-18-17-13(6-5-7-14(17)23-12)10-19(2)16(22)11-20-9-4-3-8-15(20)21/h3-4,8-9,13H,5-7,10-11H2,1-2H3/t13-/m0/s1. The molecule has 1 atom stereocenters. The second-order valence-corrected chi connectivity index (χ2v) is 7.36. The van der Waals surface area contributed by atoms with E-state index in [-0.39, 0.29) is 18.0 Å². The Kier molecular flexibility index (Phi) is 4.61. The third-order valence-corrected chi connectivity index (χ3v) is 5.35. The van der Waals surface area contributed by atoms with Crippen LogP contribution in [0.5, 0.6) is 0 Å². The van der Waals surface area contributed by atoms with Crippen molar-refractivity contribution in [3.8, 4) is 0 Å². The molecule has 0 bridgehead atoms. The molecular formula is C17H21N3O2S. The van der Waals surface area contributed by atoms with E-state index < -0.39 is 0 Å². The van der Waals surface area contributed by atoms with Crippen LogP contribution in [0.15, 0.2) is 29.2 Å². The fraction of sp³-hybridized carbons (Fsp3) is 0.471. The molecule has 122 valence electrons. The van der Waals surface area contributed by atoms with Gasteiger partial charge in [0.15, 0.2) is 0 Å². The van der Waals surface area contributed by atoms with Crippen molar-refractivity contribution in [1.82, 2.24) is 14.5 Å². The maximum atomic E-state index is 12.4. The molecule has 2 aromatic rings. The lowest BCUT2D eigenvalue weighted by atomic mass is 9.90. The summed E-state index contributed by atoms with van der Waals surface area (Å²) < 4.78 is 1.44. The van der Waals surface area contributed by atoms with Crippen molar-refractivity contribution in [2.24, 2.45) is 0 Å². The van der Waals surface area contributed by atoms with Gasteiger partial charge in [-0.3, -0.25) is 9.59 Å². The molecule has 5 nitrogen and oxygen atoms in total. The van der Waals surface area contributed by atoms with E-state index >= 15 is 0 Å². The molecule has 0 spiro atoms. The van der Waals surface area contributed by atoms with Crippen LogP contribution >= 0.6 is 11.3 Å². The molecule has 2 heterocycles. The van der Waals surface area contributed by atoms with Gasteiger partial charge in [-0.05, 0) is 32.3 Å². The van der Waals surface area contributed by atoms with Gasteiger partial charge in [-0.15, -0.1) is 11.3 Å². The topological polar surface area (TPSA) is 55.2 Å². The van der Waals surface area contributed by atoms with Crippen LogP contribution in [0.1, 0.15) is 34.3 Å². The summed E-state index contributed by atoms with van der Waals surface area (Å²) in [6.45, 7) is 2.79. The zero-order valence-electron chi connectivity index (χ0n) is 13.5. The minimum Gasteiger partial charge on any atom is -0.344 e. The van der Waals surface area contributed by atoms with Gasteiger partial charge in [-0.1, -0.05) is 6.07 Å². The molecule has 2 aromatic heterocycles. The highest BCUT2D eigenvalue weighted by Gasteiger charge is 2.26. The van der Waals surface area contributed by atoms with E-state index in [1.807, 2.05) is 14.0 Å². The maximum absolute atomic E-state index is 12.4. The number of hydrogen-bond acceptors (Lipinski definition) is 4. The van der Waals surface area contributed by atoms with Gasteiger partial charge in [0.2, 0.25) is 5.91 Å². The van der Waals surface area contributed by atoms with Gasteiger partial charge in [0.25, 0.3) is 5.56 Å². The van der Waals surface area contributed by atoms with Crippen LogP contribution in [0, 0.1) is 6.92 Å². The highest BCUT2D eigenvalue weighted by Crippen LogP contribution is 2.34. The number of rotatable bonds is 4. The molecule has 0 aliphatic heterocycles. The fourth-order valence-electron chi connectivity index (χ4n) is 3.10. The quantitative estimate of drug-likeness (QED) is 0.863. The number of carbonyl (C=O) groups excluding carboxylic acids is 1. The Hall–Kier alpha value is -1.95. The van der Waals surface area contributed by atoms with E-state index in [1.54, 1.807) is 34.6 Å². The summed E-state index contributed by atoms with van der Waals surface area (Å²) in [6.07, 6.45) is 4.98. The van der Waals surface area contributed by atoms with Crippen LogP contribution in [-0.2, 0) is 17.8 Å². The Labute approximate surface area is 139 Å². The summed E-state index contributed by atoms with van der Waals surface area (Å²) in [6, 6.07) is 4.92. The summed E-state index contributed by atoms with van der Waals surface area (Å²) in [5.74, 6) is 0.266. The molecule has 0 N–H and O–H groups in total. The Morgan fingerprint density at radius 1 is 1.48 bits per heavy atom. The van der Waals surface area contributed by atoms with Crippen molar-refractivity contribution >= 4 is 17.2 Å². The number of aromatic nitrogens is 2. The van der Waals surface area contributed by atoms with Crippen LogP contribution in [-0.4, -0.2) is 34.0 Å². The van der Waals surface area contributed by atoms with E-state index in [0.29, 0.717) is 12.5 Å². The van der Waals surface area contributed by atoms with Crippen molar-refractivity contribution in [2.45, 2.75) is 38.6 Å². The molecule has 1 amide bonds. The van der Waals surface area contributed by atoms with Gasteiger partial charge in [0, 0.05) is 36.7 Å². The lowest BCUT2D eigenvalue weighted by molar-refractivity contribution is -0.130. The van der Waals surface area contributed by atoms with Crippen LogP contribution in [0.3, 0.4) is 0 Å². The molecule has 0 aromatic carbocycles. The Morgan fingerprint density at radius 3 is 3.09 bits per heavy atom. The SMILES string of the molecule is Cc1nc2c(s1)CCC[C@H]2CN(C)C(=O)Cn1ccccc1=O. The first kappa shape index (κ1) is 15.9. The first-order chi connectivity index (χ1) is 11.0. The largest absolute Gasteiger partial charge is 0.344 e. The lowest BCUT2D eigenvalue weighted by Crippen LogP contribution is -2.36. The molecule has 1 aliphatic rings. The van der Waals surface area contributed by atoms with E-state index in [2.05, 4.69) is 4.98 Å². The van der Waals surface area contributed by atoms with E-state index in [0.717, 1.165) is 24.3 Å². The average Bonchev–Trinajstić information content (AvgIpc) is 2.91. The Morgan fingerprint density at radius 2 is 2.30 bits per heavy atom. The number of aryl methyl sites for hydroxylation is 2. The first-order valence-electron chi connectivity index (χ1n) is 7.90. The van der Waals surface area contributed by atoms with Gasteiger partial charge in [0.1, 0.15) is 6.54 Å². The Bertz CT molecular complexity index is 765. The summed E-state index contributed by atoms with van der Waals surface area (Å²) in [4.78, 5) is 31.9. The number of amides is 1. The fourth-order valence-corrected chi connectivity index (χ4v) is 4.16. The molecule has 23 heavy (non-hydrogen) atoms. The molecule has 1 aliphatic carbocycles. The van der Waals surface area contributed by atoms with Gasteiger partial charge >= 0.3 is 0 Å². The smallest absolute Gasteiger partial charge is 0.250 e. The minimum atomic E-state index is -0.149. The van der Waals surface area contributed by atoms with Gasteiger partial charge < -0.3 is 9.47 Å². The highest BCUT2D eigenvalue weighted by molar-refractivity contribution is 7.11. The predicted molar refractivity (Wildman–Crippen MR) is 90.9 cm³/mol. The highest BCUT2D eigenvalue weighted by atomic mass is 32.1. The molecular weight excluding hydrogens is 310 g/mol. The zero-order chi connectivity index (χ0) is 16.4. The molecule has 3 rings (SSSR count). The molecule has 0 saturated heterocycles. The molecule has 6 heteroatoms. The van der Waals surface area contributed by atoms with Crippen LogP contribution in [0.4, 0.5) is 0 Å². The molecule has 0 unspecified atom stereocenters. The van der Waals surface area contributed by atoms with Gasteiger partial charge in [0.05, 0.1) is 10.7 Å². The number of nitrogens with zero attached hydrogens (tertiary/aromatic N) is 3. The van der Waals surface area contributed by atoms with Crippen LogP contribution in [0.2, 0.25) is 0 Å². The number of hydrogen-bond donors (Lipinski definition) is 0. The van der Waals surface area contributed by atoms with E-state index in [9.17, 15) is 9.59 Å². The third-order valence-electron chi connectivity index (χ3n) is 4.30. The lowest BCUT2D eigenvalue weighted by Gasteiger charge is -2.26. The normalized spacial score (nSPS) is 16.9. The van der Waals surface area contributed by atoms with Crippen molar-refractivity contribution in [1.29, 1.82) is 0 Å². The monoisotopic (exact) mass is 331 g/mol. The van der Waals surface area contributed by atoms with E-state index in [1.165, 1.54) is 21.2 Å². The summed E-state index contributed by atoms with van der Waals surface area (Å²) in [7, 11) is 1.81. The van der Waals surface area contributed by atoms with Crippen molar-refractivity contribution < 1.29 is 4.79 Å². The van der Waals surface area contributed by atoms with Gasteiger partial charge in [-0.2, -0.15) is 0 Å². The number of fused-ring (bicyclic) bond motifs is 1. The molecule has 0 saturated carbocycles. The third kappa shape index (κ3) is 3.52. The number of pyridine rings is 1. The van der Waals surface area contributed by atoms with Crippen molar-refractivity contribution in [3.05, 3.63) is 50.3 Å². The second kappa shape index (κ2) is 6.66. The van der Waals surface area contributed by atoms with Crippen molar-refractivity contribution in [2.75, 3.05) is 13.6 Å². The zero-order valence-corrected chi connectivity index (χ0v) is 14.3. The first-order valence-corrected chi connectivity index (χ1v) is 8.72. The van der Waals surface area contributed by atoms with Crippen molar-refractivity contribution in [3.63, 3.8) is 0 Å². The number of likely N-dealkylation sites (N-methyl/N-ethyl adjacent to an activating group) is 1. The van der Waals surface area contributed by atoms with Gasteiger partial charge in [-0.25, -0.2) is 4.98 Å². The predicted octanol–water partition coefficient (Wildman–Crippen LogP) is 2.19. The summed E-state index contributed by atoms with van der Waals surface area (Å²) in [5, 5.41) is 1.10. The van der Waals surface area contributed by atoms with Crippen LogP contribution in [0.25, 0.3) is 0 Å². The number of thiazole rings is 1.